The number of aliphatic imine (C=N–C) groups is 1. The summed E-state index contributed by atoms with van der Waals surface area (Å²) in [5, 5.41) is 3.16. The van der Waals surface area contributed by atoms with Crippen LogP contribution in [0.25, 0.3) is 0 Å². The average Bonchev–Trinajstić information content (AvgIpc) is 2.57. The Bertz CT molecular complexity index is 775. The number of sulfone groups is 1. The van der Waals surface area contributed by atoms with Crippen LogP contribution in [0.5, 0.6) is 5.75 Å². The summed E-state index contributed by atoms with van der Waals surface area (Å²) in [6, 6.07) is 6.28. The number of ether oxygens (including phenoxy) is 1. The first-order valence-corrected chi connectivity index (χ1v) is 10.1. The molecule has 0 spiro atoms. The van der Waals surface area contributed by atoms with Crippen molar-refractivity contribution in [2.75, 3.05) is 32.5 Å². The number of halogens is 3. The van der Waals surface area contributed by atoms with Crippen molar-refractivity contribution < 1.29 is 26.3 Å². The van der Waals surface area contributed by atoms with E-state index in [0.29, 0.717) is 25.6 Å². The van der Waals surface area contributed by atoms with Crippen molar-refractivity contribution in [1.29, 1.82) is 0 Å². The lowest BCUT2D eigenvalue weighted by Gasteiger charge is -2.39. The molecule has 1 aliphatic rings. The second-order valence-electron chi connectivity index (χ2n) is 6.95. The van der Waals surface area contributed by atoms with E-state index >= 15 is 0 Å². The fourth-order valence-electron chi connectivity index (χ4n) is 2.71. The lowest BCUT2D eigenvalue weighted by molar-refractivity contribution is -0.153. The van der Waals surface area contributed by atoms with E-state index in [9.17, 15) is 21.6 Å². The van der Waals surface area contributed by atoms with Gasteiger partial charge in [-0.25, -0.2) is 8.42 Å². The summed E-state index contributed by atoms with van der Waals surface area (Å²) in [5.74, 6) is 0.783. The smallest absolute Gasteiger partial charge is 0.422 e. The number of rotatable bonds is 4. The van der Waals surface area contributed by atoms with E-state index in [1.54, 1.807) is 33.0 Å². The van der Waals surface area contributed by atoms with E-state index in [1.165, 1.54) is 12.1 Å². The van der Waals surface area contributed by atoms with Gasteiger partial charge in [-0.05, 0) is 31.5 Å². The predicted octanol–water partition coefficient (Wildman–Crippen LogP) is 2.21. The van der Waals surface area contributed by atoms with Crippen molar-refractivity contribution in [2.45, 2.75) is 31.3 Å². The number of guanidine groups is 1. The van der Waals surface area contributed by atoms with E-state index in [0.717, 1.165) is 5.56 Å². The molecule has 6 nitrogen and oxygen atoms in total. The van der Waals surface area contributed by atoms with Crippen molar-refractivity contribution in [3.8, 4) is 5.75 Å². The summed E-state index contributed by atoms with van der Waals surface area (Å²) >= 11 is 0. The monoisotopic (exact) mass is 407 g/mol. The standard InChI is InChI=1S/C17H24F3N3O3S/c1-16(2)11-23(8-9-27(16,24)25)15(21-3)22-10-13-4-6-14(7-5-13)26-12-17(18,19)20/h4-7H,8-12H2,1-3H3,(H,21,22). The Kier molecular flexibility index (Phi) is 6.28. The van der Waals surface area contributed by atoms with E-state index in [2.05, 4.69) is 15.0 Å². The molecule has 2 rings (SSSR count). The van der Waals surface area contributed by atoms with Gasteiger partial charge < -0.3 is 15.0 Å². The molecule has 0 unspecified atom stereocenters. The molecule has 1 N–H and O–H groups in total. The zero-order chi connectivity index (χ0) is 20.3. The minimum absolute atomic E-state index is 0.0614. The molecule has 10 heteroatoms. The number of hydrogen-bond acceptors (Lipinski definition) is 4. The zero-order valence-corrected chi connectivity index (χ0v) is 16.3. The zero-order valence-electron chi connectivity index (χ0n) is 15.5. The molecule has 1 aromatic rings. The van der Waals surface area contributed by atoms with Crippen LogP contribution in [-0.2, 0) is 16.4 Å². The maximum Gasteiger partial charge on any atom is 0.422 e. The lowest BCUT2D eigenvalue weighted by atomic mass is 10.2. The van der Waals surface area contributed by atoms with Crippen LogP contribution in [0.1, 0.15) is 19.4 Å². The molecule has 0 bridgehead atoms. The van der Waals surface area contributed by atoms with Gasteiger partial charge in [0.15, 0.2) is 22.4 Å². The van der Waals surface area contributed by atoms with E-state index in [-0.39, 0.29) is 11.5 Å². The molecule has 0 radical (unpaired) electrons. The number of hydrogen-bond donors (Lipinski definition) is 1. The van der Waals surface area contributed by atoms with Crippen LogP contribution >= 0.6 is 0 Å². The van der Waals surface area contributed by atoms with Crippen molar-refractivity contribution >= 4 is 15.8 Å². The fourth-order valence-corrected chi connectivity index (χ4v) is 4.07. The summed E-state index contributed by atoms with van der Waals surface area (Å²) in [6.45, 7) is 3.15. The largest absolute Gasteiger partial charge is 0.484 e. The molecular formula is C17H24F3N3O3S. The van der Waals surface area contributed by atoms with Gasteiger partial charge in [-0.1, -0.05) is 12.1 Å². The van der Waals surface area contributed by atoms with Gasteiger partial charge >= 0.3 is 6.18 Å². The molecular weight excluding hydrogens is 383 g/mol. The number of benzene rings is 1. The molecule has 0 atom stereocenters. The highest BCUT2D eigenvalue weighted by Crippen LogP contribution is 2.24. The second-order valence-corrected chi connectivity index (χ2v) is 9.69. The highest BCUT2D eigenvalue weighted by molar-refractivity contribution is 7.92. The second kappa shape index (κ2) is 7.95. The molecule has 27 heavy (non-hydrogen) atoms. The van der Waals surface area contributed by atoms with Crippen LogP contribution in [-0.4, -0.2) is 62.7 Å². The fraction of sp³-hybridized carbons (Fsp3) is 0.588. The first-order chi connectivity index (χ1) is 12.4. The number of nitrogens with one attached hydrogen (secondary N) is 1. The Balaban J connectivity index is 1.93. The highest BCUT2D eigenvalue weighted by atomic mass is 32.2. The first kappa shape index (κ1) is 21.3. The van der Waals surface area contributed by atoms with E-state index in [1.807, 2.05) is 4.90 Å². The van der Waals surface area contributed by atoms with Gasteiger partial charge in [0.05, 0.1) is 10.5 Å². The van der Waals surface area contributed by atoms with Gasteiger partial charge in [-0.15, -0.1) is 0 Å². The molecule has 1 saturated heterocycles. The summed E-state index contributed by atoms with van der Waals surface area (Å²) in [5.41, 5.74) is 0.833. The molecule has 0 saturated carbocycles. The van der Waals surface area contributed by atoms with Gasteiger partial charge in [0.25, 0.3) is 0 Å². The van der Waals surface area contributed by atoms with E-state index < -0.39 is 27.4 Å². The normalized spacial score (nSPS) is 19.6. The third-order valence-corrected chi connectivity index (χ3v) is 6.86. The summed E-state index contributed by atoms with van der Waals surface area (Å²) in [6.07, 6.45) is -4.37. The summed E-state index contributed by atoms with van der Waals surface area (Å²) in [4.78, 5) is 6.09. The van der Waals surface area contributed by atoms with Crippen molar-refractivity contribution in [3.63, 3.8) is 0 Å². The van der Waals surface area contributed by atoms with Gasteiger partial charge in [0.1, 0.15) is 5.75 Å². The number of nitrogens with zero attached hydrogens (tertiary/aromatic N) is 2. The van der Waals surface area contributed by atoms with Crippen LogP contribution in [0.2, 0.25) is 0 Å². The molecule has 1 fully saturated rings. The average molecular weight is 407 g/mol. The first-order valence-electron chi connectivity index (χ1n) is 8.40. The Hall–Kier alpha value is -1.97. The van der Waals surface area contributed by atoms with Crippen LogP contribution < -0.4 is 10.1 Å². The highest BCUT2D eigenvalue weighted by Gasteiger charge is 2.40. The van der Waals surface area contributed by atoms with Crippen molar-refractivity contribution in [3.05, 3.63) is 29.8 Å². The molecule has 1 heterocycles. The topological polar surface area (TPSA) is 71.0 Å². The van der Waals surface area contributed by atoms with Crippen LogP contribution in [0.3, 0.4) is 0 Å². The van der Waals surface area contributed by atoms with Crippen molar-refractivity contribution in [1.82, 2.24) is 10.2 Å². The molecule has 152 valence electrons. The lowest BCUT2D eigenvalue weighted by Crippen LogP contribution is -2.57. The Labute approximate surface area is 157 Å². The maximum absolute atomic E-state index is 12.2. The van der Waals surface area contributed by atoms with Crippen molar-refractivity contribution in [2.24, 2.45) is 4.99 Å². The quantitative estimate of drug-likeness (QED) is 0.612. The molecule has 1 aliphatic heterocycles. The Morgan fingerprint density at radius 2 is 1.93 bits per heavy atom. The molecule has 0 aliphatic carbocycles. The maximum atomic E-state index is 12.2. The minimum Gasteiger partial charge on any atom is -0.484 e. The predicted molar refractivity (Wildman–Crippen MR) is 97.6 cm³/mol. The summed E-state index contributed by atoms with van der Waals surface area (Å²) in [7, 11) is -1.52. The molecule has 1 aromatic carbocycles. The van der Waals surface area contributed by atoms with Gasteiger partial charge in [0, 0.05) is 26.7 Å². The van der Waals surface area contributed by atoms with Crippen LogP contribution in [0.15, 0.2) is 29.3 Å². The van der Waals surface area contributed by atoms with Gasteiger partial charge in [-0.3, -0.25) is 4.99 Å². The molecule has 0 amide bonds. The third kappa shape index (κ3) is 5.75. The van der Waals surface area contributed by atoms with Gasteiger partial charge in [-0.2, -0.15) is 13.2 Å². The van der Waals surface area contributed by atoms with Gasteiger partial charge in [0.2, 0.25) is 0 Å². The van der Waals surface area contributed by atoms with E-state index in [4.69, 9.17) is 0 Å². The van der Waals surface area contributed by atoms with Crippen LogP contribution in [0, 0.1) is 0 Å². The Morgan fingerprint density at radius 1 is 1.30 bits per heavy atom. The van der Waals surface area contributed by atoms with Crippen LogP contribution in [0.4, 0.5) is 13.2 Å². The SMILES string of the molecule is CN=C(NCc1ccc(OCC(F)(F)F)cc1)N1CCS(=O)(=O)C(C)(C)C1. The molecule has 0 aromatic heterocycles. The Morgan fingerprint density at radius 3 is 2.44 bits per heavy atom. The number of alkyl halides is 3. The third-order valence-electron chi connectivity index (χ3n) is 4.33. The minimum atomic E-state index is -4.37. The summed E-state index contributed by atoms with van der Waals surface area (Å²) < 4.78 is 64.5.